The van der Waals surface area contributed by atoms with Gasteiger partial charge in [-0.25, -0.2) is 4.79 Å². The maximum absolute atomic E-state index is 11.7. The third-order valence-corrected chi connectivity index (χ3v) is 3.05. The summed E-state index contributed by atoms with van der Waals surface area (Å²) < 4.78 is 6.73. The number of anilines is 1. The molecule has 0 bridgehead atoms. The Morgan fingerprint density at radius 2 is 2.44 bits per heavy atom. The van der Waals surface area contributed by atoms with Crippen molar-refractivity contribution in [2.75, 3.05) is 5.73 Å². The molecule has 2 heterocycles. The predicted octanol–water partition coefficient (Wildman–Crippen LogP) is -0.366. The van der Waals surface area contributed by atoms with Crippen molar-refractivity contribution in [3.8, 4) is 6.07 Å². The molecule has 1 aromatic heterocycles. The van der Waals surface area contributed by atoms with Gasteiger partial charge in [0.05, 0.1) is 12.2 Å². The first-order valence-corrected chi connectivity index (χ1v) is 5.66. The van der Waals surface area contributed by atoms with Crippen molar-refractivity contribution < 1.29 is 9.84 Å². The van der Waals surface area contributed by atoms with Gasteiger partial charge < -0.3 is 15.6 Å². The molecular weight excluding hydrogens is 236 g/mol. The van der Waals surface area contributed by atoms with Gasteiger partial charge in [-0.3, -0.25) is 4.57 Å². The van der Waals surface area contributed by atoms with E-state index in [1.807, 2.05) is 13.0 Å². The lowest BCUT2D eigenvalue weighted by Crippen LogP contribution is -2.31. The maximum Gasteiger partial charge on any atom is 0.351 e. The Labute approximate surface area is 103 Å². The molecule has 1 aromatic rings. The zero-order valence-corrected chi connectivity index (χ0v) is 9.85. The molecule has 0 spiro atoms. The summed E-state index contributed by atoms with van der Waals surface area (Å²) in [4.78, 5) is 15.3. The molecule has 18 heavy (non-hydrogen) atoms. The van der Waals surface area contributed by atoms with E-state index >= 15 is 0 Å². The minimum Gasteiger partial charge on any atom is -0.389 e. The number of nitrogens with two attached hydrogens (primary N) is 1. The minimum atomic E-state index is -0.908. The first-order valence-electron chi connectivity index (χ1n) is 5.66. The largest absolute Gasteiger partial charge is 0.389 e. The van der Waals surface area contributed by atoms with Gasteiger partial charge in [-0.05, 0) is 12.5 Å². The second kappa shape index (κ2) is 4.76. The number of aliphatic hydroxyl groups is 1. The molecule has 1 saturated heterocycles. The monoisotopic (exact) mass is 250 g/mol. The third-order valence-electron chi connectivity index (χ3n) is 3.05. The van der Waals surface area contributed by atoms with Gasteiger partial charge in [0.2, 0.25) is 0 Å². The van der Waals surface area contributed by atoms with Crippen molar-refractivity contribution in [3.63, 3.8) is 0 Å². The summed E-state index contributed by atoms with van der Waals surface area (Å²) in [5, 5.41) is 19.0. The van der Waals surface area contributed by atoms with Crippen molar-refractivity contribution >= 4 is 5.82 Å². The molecule has 0 saturated carbocycles. The summed E-state index contributed by atoms with van der Waals surface area (Å²) in [7, 11) is 0. The van der Waals surface area contributed by atoms with E-state index in [9.17, 15) is 9.90 Å². The van der Waals surface area contributed by atoms with Crippen LogP contribution in [0.5, 0.6) is 0 Å². The first-order chi connectivity index (χ1) is 8.58. The second-order valence-electron chi connectivity index (χ2n) is 4.16. The van der Waals surface area contributed by atoms with Gasteiger partial charge in [-0.2, -0.15) is 10.2 Å². The fraction of sp³-hybridized carbons (Fsp3) is 0.545. The van der Waals surface area contributed by atoms with E-state index in [1.54, 1.807) is 0 Å². The Morgan fingerprint density at radius 1 is 1.72 bits per heavy atom. The van der Waals surface area contributed by atoms with E-state index in [1.165, 1.54) is 16.8 Å². The number of hydrogen-bond donors (Lipinski definition) is 2. The molecule has 0 amide bonds. The Bertz CT molecular complexity index is 536. The van der Waals surface area contributed by atoms with Crippen LogP contribution in [0.25, 0.3) is 0 Å². The van der Waals surface area contributed by atoms with E-state index in [2.05, 4.69) is 4.98 Å². The number of nitrogens with zero attached hydrogens (tertiary/aromatic N) is 3. The minimum absolute atomic E-state index is 0.107. The number of aliphatic hydroxyl groups excluding tert-OH is 1. The molecule has 7 nitrogen and oxygen atoms in total. The third kappa shape index (κ3) is 1.96. The molecule has 0 radical (unpaired) electrons. The molecule has 2 rings (SSSR count). The first kappa shape index (κ1) is 12.5. The predicted molar refractivity (Wildman–Crippen MR) is 62.2 cm³/mol. The van der Waals surface area contributed by atoms with Gasteiger partial charge in [0.1, 0.15) is 17.8 Å². The lowest BCUT2D eigenvalue weighted by Gasteiger charge is -2.16. The van der Waals surface area contributed by atoms with Crippen molar-refractivity contribution in [1.82, 2.24) is 9.55 Å². The van der Waals surface area contributed by atoms with Crippen LogP contribution in [0.1, 0.15) is 19.6 Å². The Hall–Kier alpha value is -1.91. The summed E-state index contributed by atoms with van der Waals surface area (Å²) in [6, 6.07) is 3.42. The van der Waals surface area contributed by atoms with Crippen LogP contribution in [-0.2, 0) is 4.74 Å². The highest BCUT2D eigenvalue weighted by molar-refractivity contribution is 5.23. The van der Waals surface area contributed by atoms with Crippen molar-refractivity contribution in [2.45, 2.75) is 31.8 Å². The average Bonchev–Trinajstić information content (AvgIpc) is 2.65. The molecule has 3 N–H and O–H groups in total. The Kier molecular flexibility index (Phi) is 3.32. The molecule has 1 fully saturated rings. The second-order valence-corrected chi connectivity index (χ2v) is 4.16. The summed E-state index contributed by atoms with van der Waals surface area (Å²) in [5.41, 5.74) is 4.80. The number of aromatic nitrogens is 2. The SMILES string of the molecule is CCC1OC(n2ccc(N)nc2=O)C(C#N)C1O. The van der Waals surface area contributed by atoms with Crippen LogP contribution >= 0.6 is 0 Å². The summed E-state index contributed by atoms with van der Waals surface area (Å²) in [5.74, 6) is -0.687. The zero-order valence-electron chi connectivity index (χ0n) is 9.85. The van der Waals surface area contributed by atoms with Crippen LogP contribution in [0.3, 0.4) is 0 Å². The molecular formula is C11H14N4O3. The summed E-state index contributed by atoms with van der Waals surface area (Å²) in [6.45, 7) is 1.84. The van der Waals surface area contributed by atoms with E-state index in [0.717, 1.165) is 0 Å². The van der Waals surface area contributed by atoms with Crippen LogP contribution in [-0.4, -0.2) is 26.9 Å². The Morgan fingerprint density at radius 3 is 3.00 bits per heavy atom. The lowest BCUT2D eigenvalue weighted by atomic mass is 10.00. The van der Waals surface area contributed by atoms with Crippen LogP contribution in [0.2, 0.25) is 0 Å². The molecule has 0 aromatic carbocycles. The van der Waals surface area contributed by atoms with Crippen LogP contribution in [0, 0.1) is 17.2 Å². The van der Waals surface area contributed by atoms with E-state index < -0.39 is 30.0 Å². The van der Waals surface area contributed by atoms with E-state index in [0.29, 0.717) is 6.42 Å². The number of ether oxygens (including phenoxy) is 1. The van der Waals surface area contributed by atoms with Gasteiger partial charge in [-0.15, -0.1) is 0 Å². The van der Waals surface area contributed by atoms with E-state index in [-0.39, 0.29) is 5.82 Å². The lowest BCUT2D eigenvalue weighted by molar-refractivity contribution is -0.0236. The number of rotatable bonds is 2. The molecule has 7 heteroatoms. The van der Waals surface area contributed by atoms with E-state index in [4.69, 9.17) is 15.7 Å². The highest BCUT2D eigenvalue weighted by atomic mass is 16.5. The Balaban J connectivity index is 2.39. The molecule has 1 aliphatic heterocycles. The van der Waals surface area contributed by atoms with Crippen LogP contribution < -0.4 is 11.4 Å². The number of nitrogen functional groups attached to an aromatic ring is 1. The zero-order chi connectivity index (χ0) is 13.3. The fourth-order valence-corrected chi connectivity index (χ4v) is 2.08. The van der Waals surface area contributed by atoms with Gasteiger partial charge in [0.25, 0.3) is 0 Å². The summed E-state index contributed by atoms with van der Waals surface area (Å²) in [6.07, 6.45) is -0.202. The molecule has 4 atom stereocenters. The fourth-order valence-electron chi connectivity index (χ4n) is 2.08. The standard InChI is InChI=1S/C11H14N4O3/c1-2-7-9(16)6(5-12)10(18-7)15-4-3-8(13)14-11(15)17/h3-4,6-7,9-10,16H,2H2,1H3,(H2,13,14,17). The van der Waals surface area contributed by atoms with Gasteiger partial charge >= 0.3 is 5.69 Å². The average molecular weight is 250 g/mol. The topological polar surface area (TPSA) is 114 Å². The quantitative estimate of drug-likeness (QED) is 0.740. The molecule has 1 aliphatic rings. The van der Waals surface area contributed by atoms with Gasteiger partial charge in [0.15, 0.2) is 6.23 Å². The smallest absolute Gasteiger partial charge is 0.351 e. The number of nitriles is 1. The molecule has 96 valence electrons. The normalized spacial score (nSPS) is 31.2. The van der Waals surface area contributed by atoms with Crippen LogP contribution in [0.4, 0.5) is 5.82 Å². The van der Waals surface area contributed by atoms with Crippen molar-refractivity contribution in [3.05, 3.63) is 22.7 Å². The van der Waals surface area contributed by atoms with Gasteiger partial charge in [-0.1, -0.05) is 6.92 Å². The van der Waals surface area contributed by atoms with Crippen molar-refractivity contribution in [1.29, 1.82) is 5.26 Å². The van der Waals surface area contributed by atoms with Gasteiger partial charge in [0, 0.05) is 6.20 Å². The molecule has 4 unspecified atom stereocenters. The highest BCUT2D eigenvalue weighted by Gasteiger charge is 2.44. The van der Waals surface area contributed by atoms with Crippen molar-refractivity contribution in [2.24, 2.45) is 5.92 Å². The summed E-state index contributed by atoms with van der Waals surface area (Å²) >= 11 is 0. The highest BCUT2D eigenvalue weighted by Crippen LogP contribution is 2.34. The maximum atomic E-state index is 11.7. The van der Waals surface area contributed by atoms with Crippen LogP contribution in [0.15, 0.2) is 17.1 Å². The number of hydrogen-bond acceptors (Lipinski definition) is 6. The molecule has 0 aliphatic carbocycles.